The molecule has 0 unspecified atom stereocenters. The van der Waals surface area contributed by atoms with Crippen LogP contribution < -0.4 is 16.3 Å². The highest BCUT2D eigenvalue weighted by Crippen LogP contribution is 2.24. The van der Waals surface area contributed by atoms with Gasteiger partial charge in [-0.1, -0.05) is 30.3 Å². The van der Waals surface area contributed by atoms with Gasteiger partial charge in [0, 0.05) is 30.6 Å². The van der Waals surface area contributed by atoms with Crippen molar-refractivity contribution in [2.75, 3.05) is 18.4 Å². The van der Waals surface area contributed by atoms with Crippen molar-refractivity contribution in [1.29, 1.82) is 0 Å². The third-order valence-electron chi connectivity index (χ3n) is 4.17. The Morgan fingerprint density at radius 2 is 2.04 bits per heavy atom. The van der Waals surface area contributed by atoms with Crippen LogP contribution in [-0.4, -0.2) is 38.2 Å². The van der Waals surface area contributed by atoms with Crippen molar-refractivity contribution in [2.45, 2.75) is 19.4 Å². The number of hydrogen-bond donors (Lipinski definition) is 4. The van der Waals surface area contributed by atoms with Crippen LogP contribution in [0.2, 0.25) is 0 Å². The molecule has 25 heavy (non-hydrogen) atoms. The fraction of sp³-hybridized carbons (Fsp3) is 0.294. The average molecular weight is 337 g/mol. The van der Waals surface area contributed by atoms with Gasteiger partial charge < -0.3 is 10.6 Å². The Morgan fingerprint density at radius 3 is 2.84 bits per heavy atom. The number of nitrogens with zero attached hydrogens (tertiary/aromatic N) is 3. The second-order valence-electron chi connectivity index (χ2n) is 5.92. The lowest BCUT2D eigenvalue weighted by atomic mass is 10.1. The van der Waals surface area contributed by atoms with Crippen LogP contribution in [0.1, 0.15) is 17.1 Å². The minimum atomic E-state index is -0.285. The molecule has 0 saturated carbocycles. The number of H-pyrrole nitrogens is 2. The van der Waals surface area contributed by atoms with E-state index in [1.807, 2.05) is 30.3 Å². The lowest BCUT2D eigenvalue weighted by molar-refractivity contribution is 0.625. The average Bonchev–Trinajstić information content (AvgIpc) is 3.07. The van der Waals surface area contributed by atoms with Gasteiger partial charge in [0.15, 0.2) is 5.82 Å². The summed E-state index contributed by atoms with van der Waals surface area (Å²) in [4.78, 5) is 23.2. The molecular weight excluding hydrogens is 318 g/mol. The van der Waals surface area contributed by atoms with Crippen molar-refractivity contribution in [3.05, 3.63) is 57.9 Å². The molecule has 1 aliphatic heterocycles. The van der Waals surface area contributed by atoms with E-state index in [-0.39, 0.29) is 5.69 Å². The lowest BCUT2D eigenvalue weighted by Gasteiger charge is -2.20. The summed E-state index contributed by atoms with van der Waals surface area (Å²) in [6.45, 7) is 2.30. The number of hydrogen-bond acceptors (Lipinski definition) is 6. The van der Waals surface area contributed by atoms with E-state index in [0.717, 1.165) is 48.0 Å². The number of benzene rings is 1. The number of anilines is 1. The van der Waals surface area contributed by atoms with Crippen LogP contribution in [0.4, 0.5) is 5.82 Å². The molecule has 0 amide bonds. The smallest absolute Gasteiger partial charge is 0.340 e. The Morgan fingerprint density at radius 1 is 1.16 bits per heavy atom. The summed E-state index contributed by atoms with van der Waals surface area (Å²) in [5.74, 6) is 2.22. The molecule has 0 aliphatic carbocycles. The van der Waals surface area contributed by atoms with E-state index in [1.54, 1.807) is 0 Å². The van der Waals surface area contributed by atoms with Gasteiger partial charge in [0.1, 0.15) is 11.6 Å². The van der Waals surface area contributed by atoms with Crippen LogP contribution in [0.5, 0.6) is 0 Å². The number of nitrogens with one attached hydrogen (secondary N) is 4. The van der Waals surface area contributed by atoms with E-state index < -0.39 is 0 Å². The van der Waals surface area contributed by atoms with E-state index in [1.165, 1.54) is 0 Å². The maximum Gasteiger partial charge on any atom is 0.340 e. The maximum absolute atomic E-state index is 11.1. The third kappa shape index (κ3) is 3.43. The fourth-order valence-electron chi connectivity index (χ4n) is 2.94. The topological polar surface area (TPSA) is 111 Å². The standard InChI is InChI=1S/C17H19N7O/c25-17-21-14(23-24-17)7-9-19-16-12-6-8-18-10-13(12)20-15(22-16)11-4-2-1-3-5-11/h1-5,18H,6-10H2,(H,19,20,22)(H2,21,23,24,25). The molecule has 3 heterocycles. The van der Waals surface area contributed by atoms with Crippen LogP contribution in [0.15, 0.2) is 35.1 Å². The molecule has 8 nitrogen and oxygen atoms in total. The van der Waals surface area contributed by atoms with E-state index in [4.69, 9.17) is 9.97 Å². The Labute approximate surface area is 144 Å². The highest BCUT2D eigenvalue weighted by Gasteiger charge is 2.18. The van der Waals surface area contributed by atoms with Crippen molar-refractivity contribution >= 4 is 5.82 Å². The number of aromatic nitrogens is 5. The SMILES string of the molecule is O=c1[nH]nc(CCNc2nc(-c3ccccc3)nc3c2CCNC3)[nH]1. The first kappa shape index (κ1) is 15.5. The summed E-state index contributed by atoms with van der Waals surface area (Å²) in [5.41, 5.74) is 2.91. The summed E-state index contributed by atoms with van der Waals surface area (Å²) < 4.78 is 0. The third-order valence-corrected chi connectivity index (χ3v) is 4.17. The van der Waals surface area contributed by atoms with Gasteiger partial charge in [0.05, 0.1) is 5.69 Å². The Bertz CT molecular complexity index is 916. The predicted molar refractivity (Wildman–Crippen MR) is 94.3 cm³/mol. The predicted octanol–water partition coefficient (Wildman–Crippen LogP) is 0.855. The van der Waals surface area contributed by atoms with Crippen molar-refractivity contribution in [2.24, 2.45) is 0 Å². The molecule has 1 aliphatic rings. The molecule has 4 N–H and O–H groups in total. The zero-order valence-electron chi connectivity index (χ0n) is 13.7. The van der Waals surface area contributed by atoms with Crippen molar-refractivity contribution in [1.82, 2.24) is 30.5 Å². The van der Waals surface area contributed by atoms with Crippen LogP contribution in [-0.2, 0) is 19.4 Å². The zero-order chi connectivity index (χ0) is 17.1. The lowest BCUT2D eigenvalue weighted by Crippen LogP contribution is -2.27. The van der Waals surface area contributed by atoms with Gasteiger partial charge in [-0.2, -0.15) is 5.10 Å². The summed E-state index contributed by atoms with van der Waals surface area (Å²) in [7, 11) is 0. The van der Waals surface area contributed by atoms with E-state index in [0.29, 0.717) is 18.8 Å². The van der Waals surface area contributed by atoms with Crippen LogP contribution >= 0.6 is 0 Å². The van der Waals surface area contributed by atoms with Gasteiger partial charge in [-0.25, -0.2) is 19.9 Å². The van der Waals surface area contributed by atoms with Gasteiger partial charge in [-0.15, -0.1) is 0 Å². The van der Waals surface area contributed by atoms with Gasteiger partial charge in [0.25, 0.3) is 0 Å². The first-order chi connectivity index (χ1) is 12.3. The summed E-state index contributed by atoms with van der Waals surface area (Å²) in [5, 5.41) is 13.0. The first-order valence-electron chi connectivity index (χ1n) is 8.33. The van der Waals surface area contributed by atoms with Gasteiger partial charge in [-0.3, -0.25) is 4.98 Å². The maximum atomic E-state index is 11.1. The first-order valence-corrected chi connectivity index (χ1v) is 8.33. The summed E-state index contributed by atoms with van der Waals surface area (Å²) in [6.07, 6.45) is 1.50. The van der Waals surface area contributed by atoms with E-state index in [9.17, 15) is 4.79 Å². The molecule has 3 aromatic rings. The Kier molecular flexibility index (Phi) is 4.26. The highest BCUT2D eigenvalue weighted by atomic mass is 16.1. The molecule has 0 radical (unpaired) electrons. The Hall–Kier alpha value is -3.00. The summed E-state index contributed by atoms with van der Waals surface area (Å²) in [6, 6.07) is 9.97. The fourth-order valence-corrected chi connectivity index (χ4v) is 2.94. The molecule has 0 fully saturated rings. The largest absolute Gasteiger partial charge is 0.369 e. The van der Waals surface area contributed by atoms with Gasteiger partial charge >= 0.3 is 5.69 Å². The van der Waals surface area contributed by atoms with Crippen LogP contribution in [0.25, 0.3) is 11.4 Å². The molecule has 2 aromatic heterocycles. The second-order valence-corrected chi connectivity index (χ2v) is 5.92. The van der Waals surface area contributed by atoms with Gasteiger partial charge in [-0.05, 0) is 13.0 Å². The minimum Gasteiger partial charge on any atom is -0.369 e. The zero-order valence-corrected chi connectivity index (χ0v) is 13.7. The molecule has 4 rings (SSSR count). The second kappa shape index (κ2) is 6.86. The normalized spacial score (nSPS) is 13.4. The monoisotopic (exact) mass is 337 g/mol. The molecule has 1 aromatic carbocycles. The molecule has 128 valence electrons. The molecule has 0 saturated heterocycles. The molecule has 0 bridgehead atoms. The number of aromatic amines is 2. The molecule has 0 atom stereocenters. The van der Waals surface area contributed by atoms with Crippen molar-refractivity contribution in [3.8, 4) is 11.4 Å². The van der Waals surface area contributed by atoms with Crippen LogP contribution in [0, 0.1) is 0 Å². The van der Waals surface area contributed by atoms with Gasteiger partial charge in [0.2, 0.25) is 0 Å². The molecule has 0 spiro atoms. The van der Waals surface area contributed by atoms with Crippen molar-refractivity contribution < 1.29 is 0 Å². The van der Waals surface area contributed by atoms with Crippen molar-refractivity contribution in [3.63, 3.8) is 0 Å². The minimum absolute atomic E-state index is 0.285. The molecular formula is C17H19N7O. The number of fused-ring (bicyclic) bond motifs is 1. The van der Waals surface area contributed by atoms with E-state index >= 15 is 0 Å². The number of rotatable bonds is 5. The Balaban J connectivity index is 1.59. The van der Waals surface area contributed by atoms with Crippen LogP contribution in [0.3, 0.4) is 0 Å². The summed E-state index contributed by atoms with van der Waals surface area (Å²) >= 11 is 0. The quantitative estimate of drug-likeness (QED) is 0.549. The molecule has 8 heteroatoms. The highest BCUT2D eigenvalue weighted by molar-refractivity contribution is 5.60. The van der Waals surface area contributed by atoms with E-state index in [2.05, 4.69) is 25.8 Å².